The van der Waals surface area contributed by atoms with Gasteiger partial charge in [0.25, 0.3) is 11.6 Å². The molecule has 158 valence electrons. The molecule has 1 aliphatic carbocycles. The Morgan fingerprint density at radius 1 is 1.07 bits per heavy atom. The Kier molecular flexibility index (Phi) is 7.73. The van der Waals surface area contributed by atoms with Crippen molar-refractivity contribution in [3.63, 3.8) is 0 Å². The average molecular weight is 428 g/mol. The van der Waals surface area contributed by atoms with Gasteiger partial charge in [0, 0.05) is 23.4 Å². The third-order valence-corrected chi connectivity index (χ3v) is 5.40. The molecule has 0 aromatic heterocycles. The standard InChI is InChI=1S/C22H25N3O4S/c26-21(17-6-10-19(11-7-17)25(27)28)24-22(30)23-18-8-12-20(13-9-18)29-15-14-16-4-2-1-3-5-16/h6-13,16H,1-5,14-15H2,(H2,23,24,26,30). The van der Waals surface area contributed by atoms with Crippen molar-refractivity contribution < 1.29 is 14.5 Å². The highest BCUT2D eigenvalue weighted by Gasteiger charge is 2.13. The maximum atomic E-state index is 12.2. The first-order valence-corrected chi connectivity index (χ1v) is 10.5. The van der Waals surface area contributed by atoms with Gasteiger partial charge in [-0.2, -0.15) is 0 Å². The second-order valence-corrected chi connectivity index (χ2v) is 7.79. The lowest BCUT2D eigenvalue weighted by molar-refractivity contribution is -0.384. The van der Waals surface area contributed by atoms with Gasteiger partial charge in [-0.1, -0.05) is 32.1 Å². The van der Waals surface area contributed by atoms with Crippen LogP contribution < -0.4 is 15.4 Å². The highest BCUT2D eigenvalue weighted by atomic mass is 32.1. The molecule has 0 spiro atoms. The molecule has 0 saturated heterocycles. The Morgan fingerprint density at radius 3 is 2.37 bits per heavy atom. The summed E-state index contributed by atoms with van der Waals surface area (Å²) in [5.41, 5.74) is 0.934. The second-order valence-electron chi connectivity index (χ2n) is 7.38. The van der Waals surface area contributed by atoms with Crippen molar-refractivity contribution in [2.24, 2.45) is 5.92 Å². The minimum absolute atomic E-state index is 0.0756. The molecule has 2 aromatic carbocycles. The monoisotopic (exact) mass is 427 g/mol. The van der Waals surface area contributed by atoms with Gasteiger partial charge in [0.1, 0.15) is 5.75 Å². The zero-order chi connectivity index (χ0) is 21.3. The van der Waals surface area contributed by atoms with Crippen molar-refractivity contribution >= 4 is 34.6 Å². The van der Waals surface area contributed by atoms with E-state index in [9.17, 15) is 14.9 Å². The van der Waals surface area contributed by atoms with Gasteiger partial charge >= 0.3 is 0 Å². The number of nitro groups is 1. The van der Waals surface area contributed by atoms with Gasteiger partial charge in [0.15, 0.2) is 5.11 Å². The van der Waals surface area contributed by atoms with E-state index in [0.29, 0.717) is 0 Å². The maximum Gasteiger partial charge on any atom is 0.269 e. The molecule has 3 rings (SSSR count). The van der Waals surface area contributed by atoms with E-state index in [4.69, 9.17) is 17.0 Å². The van der Waals surface area contributed by atoms with Crippen molar-refractivity contribution in [2.75, 3.05) is 11.9 Å². The van der Waals surface area contributed by atoms with Crippen LogP contribution >= 0.6 is 12.2 Å². The number of carbonyl (C=O) groups is 1. The number of nitro benzene ring substituents is 1. The molecule has 0 aliphatic heterocycles. The predicted octanol–water partition coefficient (Wildman–Crippen LogP) is 5.07. The lowest BCUT2D eigenvalue weighted by Crippen LogP contribution is -2.34. The number of thiocarbonyl (C=S) groups is 1. The Bertz CT molecular complexity index is 878. The van der Waals surface area contributed by atoms with Gasteiger partial charge in [-0.15, -0.1) is 0 Å². The summed E-state index contributed by atoms with van der Waals surface area (Å²) in [5.74, 6) is 1.15. The minimum Gasteiger partial charge on any atom is -0.494 e. The van der Waals surface area contributed by atoms with Crippen molar-refractivity contribution in [1.29, 1.82) is 0 Å². The van der Waals surface area contributed by atoms with Crippen LogP contribution in [0.5, 0.6) is 5.75 Å². The molecule has 30 heavy (non-hydrogen) atoms. The number of non-ortho nitro benzene ring substituents is 1. The van der Waals surface area contributed by atoms with Crippen LogP contribution in [0.1, 0.15) is 48.9 Å². The summed E-state index contributed by atoms with van der Waals surface area (Å²) < 4.78 is 5.84. The summed E-state index contributed by atoms with van der Waals surface area (Å²) in [6.45, 7) is 0.723. The second kappa shape index (κ2) is 10.7. The number of amides is 1. The molecule has 1 saturated carbocycles. The van der Waals surface area contributed by atoms with E-state index >= 15 is 0 Å². The Labute approximate surface area is 181 Å². The number of rotatable bonds is 7. The van der Waals surface area contributed by atoms with Gasteiger partial charge in [-0.3, -0.25) is 20.2 Å². The highest BCUT2D eigenvalue weighted by molar-refractivity contribution is 7.80. The van der Waals surface area contributed by atoms with Gasteiger partial charge < -0.3 is 10.1 Å². The first-order chi connectivity index (χ1) is 14.5. The van der Waals surface area contributed by atoms with E-state index in [2.05, 4.69) is 10.6 Å². The minimum atomic E-state index is -0.517. The summed E-state index contributed by atoms with van der Waals surface area (Å²) in [6.07, 6.45) is 7.77. The highest BCUT2D eigenvalue weighted by Crippen LogP contribution is 2.26. The normalized spacial score (nSPS) is 14.0. The smallest absolute Gasteiger partial charge is 0.269 e. The van der Waals surface area contributed by atoms with E-state index in [1.165, 1.54) is 56.4 Å². The molecular weight excluding hydrogens is 402 g/mol. The van der Waals surface area contributed by atoms with E-state index in [1.807, 2.05) is 24.3 Å². The number of hydrogen-bond acceptors (Lipinski definition) is 5. The lowest BCUT2D eigenvalue weighted by atomic mass is 9.87. The maximum absolute atomic E-state index is 12.2. The van der Waals surface area contributed by atoms with Crippen molar-refractivity contribution in [1.82, 2.24) is 5.32 Å². The Hall–Kier alpha value is -3.00. The number of ether oxygens (including phenoxy) is 1. The number of nitrogens with zero attached hydrogens (tertiary/aromatic N) is 1. The Balaban J connectivity index is 1.43. The summed E-state index contributed by atoms with van der Waals surface area (Å²) in [7, 11) is 0. The number of anilines is 1. The fourth-order valence-corrected chi connectivity index (χ4v) is 3.74. The van der Waals surface area contributed by atoms with Crippen molar-refractivity contribution in [3.05, 3.63) is 64.2 Å². The van der Waals surface area contributed by atoms with Gasteiger partial charge in [0.2, 0.25) is 0 Å². The zero-order valence-corrected chi connectivity index (χ0v) is 17.5. The van der Waals surface area contributed by atoms with Crippen LogP contribution in [0, 0.1) is 16.0 Å². The quantitative estimate of drug-likeness (QED) is 0.364. The SMILES string of the molecule is O=C(NC(=S)Nc1ccc(OCCC2CCCCC2)cc1)c1ccc([N+](=O)[O-])cc1. The summed E-state index contributed by atoms with van der Waals surface area (Å²) >= 11 is 5.17. The van der Waals surface area contributed by atoms with E-state index < -0.39 is 10.8 Å². The topological polar surface area (TPSA) is 93.5 Å². The summed E-state index contributed by atoms with van der Waals surface area (Å²) in [4.78, 5) is 22.4. The van der Waals surface area contributed by atoms with Crippen LogP contribution in [-0.4, -0.2) is 22.5 Å². The van der Waals surface area contributed by atoms with Crippen LogP contribution in [0.4, 0.5) is 11.4 Å². The van der Waals surface area contributed by atoms with Crippen LogP contribution in [0.25, 0.3) is 0 Å². The van der Waals surface area contributed by atoms with Crippen LogP contribution in [0.2, 0.25) is 0 Å². The van der Waals surface area contributed by atoms with Crippen LogP contribution in [-0.2, 0) is 0 Å². The fourth-order valence-electron chi connectivity index (χ4n) is 3.53. The number of hydrogen-bond donors (Lipinski definition) is 2. The molecule has 0 unspecified atom stereocenters. The molecule has 1 fully saturated rings. The third kappa shape index (κ3) is 6.52. The largest absolute Gasteiger partial charge is 0.494 e. The molecule has 0 radical (unpaired) electrons. The first-order valence-electron chi connectivity index (χ1n) is 10.1. The summed E-state index contributed by atoms with van der Waals surface area (Å²) in [6, 6.07) is 12.7. The molecule has 2 aromatic rings. The van der Waals surface area contributed by atoms with E-state index in [-0.39, 0.29) is 16.4 Å². The van der Waals surface area contributed by atoms with Gasteiger partial charge in [-0.25, -0.2) is 0 Å². The molecule has 1 aliphatic rings. The van der Waals surface area contributed by atoms with E-state index in [1.54, 1.807) is 0 Å². The van der Waals surface area contributed by atoms with Crippen molar-refractivity contribution in [2.45, 2.75) is 38.5 Å². The molecule has 1 amide bonds. The van der Waals surface area contributed by atoms with Crippen LogP contribution in [0.3, 0.4) is 0 Å². The number of carbonyl (C=O) groups excluding carboxylic acids is 1. The molecule has 0 heterocycles. The molecule has 0 atom stereocenters. The average Bonchev–Trinajstić information content (AvgIpc) is 2.75. The van der Waals surface area contributed by atoms with Gasteiger partial charge in [-0.05, 0) is 61.0 Å². The molecule has 0 bridgehead atoms. The third-order valence-electron chi connectivity index (χ3n) is 5.20. The molecular formula is C22H25N3O4S. The lowest BCUT2D eigenvalue weighted by Gasteiger charge is -2.21. The van der Waals surface area contributed by atoms with Gasteiger partial charge in [0.05, 0.1) is 11.5 Å². The number of benzene rings is 2. The van der Waals surface area contributed by atoms with Crippen LogP contribution in [0.15, 0.2) is 48.5 Å². The molecule has 2 N–H and O–H groups in total. The molecule has 8 heteroatoms. The summed E-state index contributed by atoms with van der Waals surface area (Å²) in [5, 5.41) is 16.3. The predicted molar refractivity (Wildman–Crippen MR) is 120 cm³/mol. The zero-order valence-electron chi connectivity index (χ0n) is 16.6. The van der Waals surface area contributed by atoms with E-state index in [0.717, 1.165) is 30.4 Å². The fraction of sp³-hybridized carbons (Fsp3) is 0.364. The first kappa shape index (κ1) is 21.7. The molecule has 7 nitrogen and oxygen atoms in total. The number of nitrogens with one attached hydrogen (secondary N) is 2. The van der Waals surface area contributed by atoms with Crippen molar-refractivity contribution in [3.8, 4) is 5.75 Å². The Morgan fingerprint density at radius 2 is 1.73 bits per heavy atom.